The van der Waals surface area contributed by atoms with E-state index in [9.17, 15) is 4.79 Å². The van der Waals surface area contributed by atoms with Gasteiger partial charge in [-0.15, -0.1) is 11.3 Å². The van der Waals surface area contributed by atoms with Crippen LogP contribution in [0.25, 0.3) is 22.1 Å². The first-order valence-electron chi connectivity index (χ1n) is 8.29. The summed E-state index contributed by atoms with van der Waals surface area (Å²) in [5.74, 6) is 0.212. The molecule has 0 saturated carbocycles. The van der Waals surface area contributed by atoms with E-state index < -0.39 is 12.1 Å². The molecule has 0 aliphatic carbocycles. The lowest BCUT2D eigenvalue weighted by Gasteiger charge is -2.08. The normalized spacial score (nSPS) is 13.0. The molecule has 0 fully saturated rings. The number of hydrogen-bond donors (Lipinski definition) is 1. The van der Waals surface area contributed by atoms with E-state index in [1.54, 1.807) is 24.3 Å². The molecule has 0 amide bonds. The highest BCUT2D eigenvalue weighted by atomic mass is 32.1. The summed E-state index contributed by atoms with van der Waals surface area (Å²) in [5, 5.41) is 0. The van der Waals surface area contributed by atoms with Crippen LogP contribution in [0.5, 0.6) is 0 Å². The van der Waals surface area contributed by atoms with Gasteiger partial charge in [-0.25, -0.2) is 14.8 Å². The third-order valence-electron chi connectivity index (χ3n) is 4.13. The van der Waals surface area contributed by atoms with Gasteiger partial charge in [0.15, 0.2) is 11.1 Å². The Balaban J connectivity index is 1.50. The first-order chi connectivity index (χ1) is 12.5. The average Bonchev–Trinajstić information content (AvgIpc) is 3.25. The highest BCUT2D eigenvalue weighted by molar-refractivity contribution is 7.17. The van der Waals surface area contributed by atoms with Crippen LogP contribution in [0, 0.1) is 13.8 Å². The third-order valence-corrected chi connectivity index (χ3v) is 5.02. The quantitative estimate of drug-likeness (QED) is 0.434. The number of thiazole rings is 1. The number of rotatable bonds is 4. The summed E-state index contributed by atoms with van der Waals surface area (Å²) in [4.78, 5) is 26.5. The molecule has 4 rings (SSSR count). The number of aromatic nitrogens is 4. The molecule has 0 bridgehead atoms. The molecule has 1 atom stereocenters. The number of carbonyl (C=O) groups is 1. The molecule has 1 N–H and O–H groups in total. The third kappa shape index (κ3) is 3.01. The van der Waals surface area contributed by atoms with Crippen molar-refractivity contribution in [2.75, 3.05) is 0 Å². The van der Waals surface area contributed by atoms with Crippen molar-refractivity contribution in [3.63, 3.8) is 0 Å². The summed E-state index contributed by atoms with van der Waals surface area (Å²) in [6.45, 7) is 5.76. The maximum atomic E-state index is 12.2. The Morgan fingerprint density at radius 3 is 2.92 bits per heavy atom. The molecule has 4 aromatic rings. The predicted molar refractivity (Wildman–Crippen MR) is 102 cm³/mol. The van der Waals surface area contributed by atoms with Crippen molar-refractivity contribution in [2.24, 2.45) is 0 Å². The number of ether oxygens (including phenoxy) is 1. The lowest BCUT2D eigenvalue weighted by molar-refractivity contribution is -0.142. The van der Waals surface area contributed by atoms with Crippen molar-refractivity contribution in [3.8, 4) is 0 Å². The molecule has 3 aromatic heterocycles. The Kier molecular flexibility index (Phi) is 4.08. The fourth-order valence-electron chi connectivity index (χ4n) is 2.86. The number of benzene rings is 1. The number of aromatic amines is 1. The van der Waals surface area contributed by atoms with Crippen LogP contribution in [-0.2, 0) is 9.53 Å². The van der Waals surface area contributed by atoms with Crippen LogP contribution in [0.1, 0.15) is 35.1 Å². The van der Waals surface area contributed by atoms with Crippen molar-refractivity contribution >= 4 is 39.4 Å². The van der Waals surface area contributed by atoms with E-state index in [1.165, 1.54) is 11.0 Å². The molecule has 26 heavy (non-hydrogen) atoms. The number of aryl methyl sites for hydroxylation is 2. The van der Waals surface area contributed by atoms with E-state index in [0.717, 1.165) is 27.4 Å². The van der Waals surface area contributed by atoms with Crippen LogP contribution in [0.4, 0.5) is 0 Å². The molecule has 0 aliphatic heterocycles. The zero-order chi connectivity index (χ0) is 18.3. The molecule has 0 saturated heterocycles. The van der Waals surface area contributed by atoms with Crippen molar-refractivity contribution in [2.45, 2.75) is 26.9 Å². The van der Waals surface area contributed by atoms with E-state index >= 15 is 0 Å². The lowest BCUT2D eigenvalue weighted by Crippen LogP contribution is -2.07. The Labute approximate surface area is 154 Å². The van der Waals surface area contributed by atoms with Gasteiger partial charge >= 0.3 is 5.97 Å². The molecule has 132 valence electrons. The Hall–Kier alpha value is -2.93. The zero-order valence-electron chi connectivity index (χ0n) is 14.7. The highest BCUT2D eigenvalue weighted by Crippen LogP contribution is 2.22. The zero-order valence-corrected chi connectivity index (χ0v) is 15.5. The fraction of sp³-hybridized carbons (Fsp3) is 0.211. The van der Waals surface area contributed by atoms with E-state index in [2.05, 4.69) is 15.0 Å². The van der Waals surface area contributed by atoms with Crippen LogP contribution in [0.3, 0.4) is 0 Å². The van der Waals surface area contributed by atoms with Crippen molar-refractivity contribution in [3.05, 3.63) is 58.6 Å². The Morgan fingerprint density at radius 2 is 2.12 bits per heavy atom. The maximum absolute atomic E-state index is 12.2. The van der Waals surface area contributed by atoms with Gasteiger partial charge < -0.3 is 9.72 Å². The van der Waals surface area contributed by atoms with Crippen molar-refractivity contribution in [1.29, 1.82) is 0 Å². The average molecular weight is 366 g/mol. The highest BCUT2D eigenvalue weighted by Gasteiger charge is 2.15. The lowest BCUT2D eigenvalue weighted by atomic mass is 10.3. The van der Waals surface area contributed by atoms with Gasteiger partial charge in [0.05, 0.1) is 22.4 Å². The van der Waals surface area contributed by atoms with Crippen LogP contribution in [0.2, 0.25) is 0 Å². The van der Waals surface area contributed by atoms with E-state index in [1.807, 2.05) is 48.7 Å². The molecule has 3 heterocycles. The molecule has 1 unspecified atom stereocenters. The number of esters is 1. The smallest absolute Gasteiger partial charge is 0.331 e. The minimum atomic E-state index is -0.463. The number of carbonyl (C=O) groups excluding carboxylic acids is 1. The fourth-order valence-corrected chi connectivity index (χ4v) is 3.74. The monoisotopic (exact) mass is 366 g/mol. The largest absolute Gasteiger partial charge is 0.451 e. The summed E-state index contributed by atoms with van der Waals surface area (Å²) in [6, 6.07) is 7.72. The predicted octanol–water partition coefficient (Wildman–Crippen LogP) is 4.21. The number of imidazole rings is 2. The second-order valence-corrected chi connectivity index (χ2v) is 7.34. The van der Waals surface area contributed by atoms with Crippen LogP contribution < -0.4 is 0 Å². The molecule has 6 nitrogen and oxygen atoms in total. The maximum Gasteiger partial charge on any atom is 0.331 e. The van der Waals surface area contributed by atoms with E-state index in [-0.39, 0.29) is 0 Å². The number of H-pyrrole nitrogens is 1. The molecular formula is C19H18N4O2S. The van der Waals surface area contributed by atoms with Gasteiger partial charge in [0.25, 0.3) is 0 Å². The van der Waals surface area contributed by atoms with Crippen molar-refractivity contribution < 1.29 is 9.53 Å². The Bertz CT molecular complexity index is 1100. The van der Waals surface area contributed by atoms with Crippen LogP contribution in [-0.4, -0.2) is 25.3 Å². The van der Waals surface area contributed by atoms with Gasteiger partial charge in [0.2, 0.25) is 0 Å². The first kappa shape index (κ1) is 16.5. The van der Waals surface area contributed by atoms with Crippen LogP contribution >= 0.6 is 11.3 Å². The number of fused-ring (bicyclic) bond motifs is 2. The number of para-hydroxylation sites is 2. The minimum absolute atomic E-state index is 0.417. The molecule has 1 aromatic carbocycles. The second-order valence-electron chi connectivity index (χ2n) is 6.13. The van der Waals surface area contributed by atoms with E-state index in [4.69, 9.17) is 4.74 Å². The summed E-state index contributed by atoms with van der Waals surface area (Å²) in [6.07, 6.45) is 4.73. The Morgan fingerprint density at radius 1 is 1.31 bits per heavy atom. The van der Waals surface area contributed by atoms with Gasteiger partial charge in [-0.05, 0) is 39.0 Å². The summed E-state index contributed by atoms with van der Waals surface area (Å²) in [5.41, 5.74) is 3.54. The van der Waals surface area contributed by atoms with Crippen LogP contribution in [0.15, 0.2) is 36.5 Å². The first-order valence-corrected chi connectivity index (χ1v) is 9.11. The number of nitrogens with one attached hydrogen (secondary N) is 1. The minimum Gasteiger partial charge on any atom is -0.451 e. The summed E-state index contributed by atoms with van der Waals surface area (Å²) < 4.78 is 7.46. The van der Waals surface area contributed by atoms with E-state index in [0.29, 0.717) is 5.82 Å². The summed E-state index contributed by atoms with van der Waals surface area (Å²) >= 11 is 1.62. The summed E-state index contributed by atoms with van der Waals surface area (Å²) in [7, 11) is 0. The second kappa shape index (κ2) is 6.42. The van der Waals surface area contributed by atoms with Gasteiger partial charge in [0.1, 0.15) is 5.82 Å². The van der Waals surface area contributed by atoms with Crippen molar-refractivity contribution in [1.82, 2.24) is 19.4 Å². The molecular weight excluding hydrogens is 348 g/mol. The van der Waals surface area contributed by atoms with Gasteiger partial charge in [-0.3, -0.25) is 4.40 Å². The number of hydrogen-bond acceptors (Lipinski definition) is 5. The van der Waals surface area contributed by atoms with Gasteiger partial charge in [-0.1, -0.05) is 12.1 Å². The topological polar surface area (TPSA) is 72.3 Å². The van der Waals surface area contributed by atoms with Gasteiger partial charge in [-0.2, -0.15) is 0 Å². The molecule has 0 aliphatic rings. The molecule has 0 spiro atoms. The number of nitrogens with zero attached hydrogens (tertiary/aromatic N) is 3. The standard InChI is InChI=1S/C19H18N4O2S/c1-11-10-23-16(12(2)20-19(23)26-11)8-9-17(24)25-13(3)18-21-14-6-4-5-7-15(14)22-18/h4-10,13H,1-3H3,(H,21,22). The molecule has 7 heteroatoms. The molecule has 0 radical (unpaired) electrons. The SMILES string of the molecule is Cc1cn2c(C=CC(=O)OC(C)c3nc4ccccc4[nH]3)c(C)nc2s1. The van der Waals surface area contributed by atoms with Gasteiger partial charge in [0, 0.05) is 17.2 Å².